The molecule has 1 aliphatic carbocycles. The zero-order chi connectivity index (χ0) is 47.3. The summed E-state index contributed by atoms with van der Waals surface area (Å²) < 4.78 is 59.0. The number of aromatic nitrogens is 1. The van der Waals surface area contributed by atoms with Gasteiger partial charge >= 0.3 is 18.2 Å². The van der Waals surface area contributed by atoms with E-state index in [1.807, 2.05) is 37.3 Å². The van der Waals surface area contributed by atoms with Crippen molar-refractivity contribution in [2.24, 2.45) is 0 Å². The summed E-state index contributed by atoms with van der Waals surface area (Å²) in [5.41, 5.74) is 1.02. The predicted molar refractivity (Wildman–Crippen MR) is 245 cm³/mol. The lowest BCUT2D eigenvalue weighted by Gasteiger charge is -2.28. The van der Waals surface area contributed by atoms with Gasteiger partial charge in [0.1, 0.15) is 29.4 Å². The SMILES string of the molecule is CCCc1cc(NC(=O)CCc2cc(C(Nc3ccc4c(N(C(=O)OC(C)(C)C)C(=O)OC(C)(C)C)ncc(F)c4c3)C(=O)O)ccc2OCc2ccccc2)ccc1S(=O)(=O)C1CC1. The molecular weight excluding hydrogens is 856 g/mol. The lowest BCUT2D eigenvalue weighted by Crippen LogP contribution is -2.44. The molecule has 16 heteroatoms. The third kappa shape index (κ3) is 12.4. The Labute approximate surface area is 378 Å². The van der Waals surface area contributed by atoms with Crippen LogP contribution in [0.25, 0.3) is 10.8 Å². The van der Waals surface area contributed by atoms with Crippen molar-refractivity contribution >= 4 is 61.9 Å². The van der Waals surface area contributed by atoms with E-state index >= 15 is 4.39 Å². The first kappa shape index (κ1) is 47.9. The maximum absolute atomic E-state index is 15.6. The second-order valence-corrected chi connectivity index (χ2v) is 20.1. The number of aryl methyl sites for hydroxylation is 2. The van der Waals surface area contributed by atoms with Crippen LogP contribution < -0.4 is 20.3 Å². The first-order valence-corrected chi connectivity index (χ1v) is 23.0. The number of fused-ring (bicyclic) bond motifs is 1. The molecule has 0 saturated heterocycles. The predicted octanol–water partition coefficient (Wildman–Crippen LogP) is 10.3. The molecule has 1 heterocycles. The maximum Gasteiger partial charge on any atom is 0.425 e. The first-order valence-electron chi connectivity index (χ1n) is 21.4. The van der Waals surface area contributed by atoms with Gasteiger partial charge in [-0.1, -0.05) is 49.7 Å². The number of carbonyl (C=O) groups excluding carboxylic acids is 3. The van der Waals surface area contributed by atoms with Crippen LogP contribution in [0.5, 0.6) is 5.75 Å². The molecular formula is C49H55FN4O10S. The number of halogens is 1. The molecule has 344 valence electrons. The standard InChI is InChI=1S/C49H55FN4O10S/c1-8-12-32-26-34(18-23-41(32)65(60,61)36-19-20-36)52-42(55)24-16-31-25-33(15-22-40(31)62-29-30-13-10-9-11-14-30)43(45(56)57)53-35-17-21-37-38(27-35)39(50)28-51-44(37)54(46(58)63-48(2,3)4)47(59)64-49(5,6)7/h9-11,13-15,17-18,21-23,25-28,36,43,53H,8,12,16,19-20,24,29H2,1-7H3,(H,52,55)(H,56,57). The van der Waals surface area contributed by atoms with Crippen molar-refractivity contribution in [2.75, 3.05) is 15.5 Å². The third-order valence-corrected chi connectivity index (χ3v) is 12.5. The summed E-state index contributed by atoms with van der Waals surface area (Å²) in [5, 5.41) is 16.0. The van der Waals surface area contributed by atoms with Crippen LogP contribution in [0.4, 0.5) is 31.2 Å². The van der Waals surface area contributed by atoms with Gasteiger partial charge in [-0.25, -0.2) is 32.2 Å². The number of carboxylic acid groups (broad SMARTS) is 1. The van der Waals surface area contributed by atoms with Crippen molar-refractivity contribution in [3.63, 3.8) is 0 Å². The number of benzene rings is 4. The monoisotopic (exact) mass is 910 g/mol. The van der Waals surface area contributed by atoms with E-state index in [0.717, 1.165) is 18.2 Å². The lowest BCUT2D eigenvalue weighted by atomic mass is 9.99. The summed E-state index contributed by atoms with van der Waals surface area (Å²) in [6.07, 6.45) is 1.32. The van der Waals surface area contributed by atoms with Crippen LogP contribution in [-0.2, 0) is 48.3 Å². The van der Waals surface area contributed by atoms with Gasteiger partial charge < -0.3 is 30.0 Å². The van der Waals surface area contributed by atoms with Crippen LogP contribution in [0.3, 0.4) is 0 Å². The van der Waals surface area contributed by atoms with Gasteiger partial charge in [-0.15, -0.1) is 0 Å². The molecule has 6 rings (SSSR count). The molecule has 1 aromatic heterocycles. The molecule has 14 nitrogen and oxygen atoms in total. The van der Waals surface area contributed by atoms with Gasteiger partial charge in [0.05, 0.1) is 16.3 Å². The number of hydrogen-bond donors (Lipinski definition) is 3. The Morgan fingerprint density at radius 3 is 2.11 bits per heavy atom. The number of hydrogen-bond acceptors (Lipinski definition) is 11. The number of sulfone groups is 1. The van der Waals surface area contributed by atoms with E-state index in [2.05, 4.69) is 15.6 Å². The van der Waals surface area contributed by atoms with Gasteiger partial charge in [-0.3, -0.25) is 4.79 Å². The quantitative estimate of drug-likeness (QED) is 0.0850. The Balaban J connectivity index is 1.28. The number of aliphatic carboxylic acids is 1. The average molecular weight is 911 g/mol. The van der Waals surface area contributed by atoms with Gasteiger partial charge in [0.25, 0.3) is 0 Å². The minimum atomic E-state index is -3.44. The van der Waals surface area contributed by atoms with Gasteiger partial charge in [-0.05, 0) is 138 Å². The van der Waals surface area contributed by atoms with Crippen molar-refractivity contribution in [1.29, 1.82) is 0 Å². The number of anilines is 3. The van der Waals surface area contributed by atoms with E-state index < -0.39 is 51.1 Å². The molecule has 0 bridgehead atoms. The van der Waals surface area contributed by atoms with Gasteiger partial charge in [-0.2, -0.15) is 4.90 Å². The molecule has 5 aromatic rings. The Morgan fingerprint density at radius 2 is 1.49 bits per heavy atom. The van der Waals surface area contributed by atoms with Crippen molar-refractivity contribution in [2.45, 2.75) is 121 Å². The lowest BCUT2D eigenvalue weighted by molar-refractivity contribution is -0.138. The van der Waals surface area contributed by atoms with Gasteiger partial charge in [0, 0.05) is 28.6 Å². The molecule has 1 atom stereocenters. The molecule has 1 saturated carbocycles. The number of carboxylic acids is 1. The van der Waals surface area contributed by atoms with Crippen LogP contribution in [0, 0.1) is 5.82 Å². The van der Waals surface area contributed by atoms with Crippen molar-refractivity contribution < 1.29 is 51.3 Å². The zero-order valence-electron chi connectivity index (χ0n) is 37.6. The number of imide groups is 1. The summed E-state index contributed by atoms with van der Waals surface area (Å²) in [6.45, 7) is 11.9. The zero-order valence-corrected chi connectivity index (χ0v) is 38.4. The summed E-state index contributed by atoms with van der Waals surface area (Å²) in [4.78, 5) is 58.2. The van der Waals surface area contributed by atoms with E-state index in [9.17, 15) is 32.7 Å². The Bertz CT molecular complexity index is 2670. The number of pyridine rings is 1. The molecule has 1 aliphatic rings. The van der Waals surface area contributed by atoms with Crippen LogP contribution in [0.2, 0.25) is 0 Å². The summed E-state index contributed by atoms with van der Waals surface area (Å²) in [6, 6.07) is 22.0. The van der Waals surface area contributed by atoms with Crippen molar-refractivity contribution in [3.8, 4) is 5.75 Å². The highest BCUT2D eigenvalue weighted by atomic mass is 32.2. The van der Waals surface area contributed by atoms with Crippen LogP contribution in [-0.4, -0.2) is 59.0 Å². The van der Waals surface area contributed by atoms with E-state index in [1.165, 1.54) is 18.2 Å². The second-order valence-electron chi connectivity index (χ2n) is 17.9. The third-order valence-electron chi connectivity index (χ3n) is 10.1. The van der Waals surface area contributed by atoms with E-state index in [-0.39, 0.29) is 52.9 Å². The Morgan fingerprint density at radius 1 is 0.831 bits per heavy atom. The molecule has 1 fully saturated rings. The first-order chi connectivity index (χ1) is 30.6. The number of rotatable bonds is 16. The Kier molecular flexibility index (Phi) is 14.5. The van der Waals surface area contributed by atoms with E-state index in [1.54, 1.807) is 77.9 Å². The second kappa shape index (κ2) is 19.7. The molecule has 65 heavy (non-hydrogen) atoms. The van der Waals surface area contributed by atoms with E-state index in [4.69, 9.17) is 14.2 Å². The normalized spacial score (nSPS) is 13.4. The average Bonchev–Trinajstić information content (AvgIpc) is 4.09. The number of ether oxygens (including phenoxy) is 3. The minimum absolute atomic E-state index is 0.0223. The van der Waals surface area contributed by atoms with Crippen LogP contribution >= 0.6 is 0 Å². The Hall–Kier alpha value is -6.55. The summed E-state index contributed by atoms with van der Waals surface area (Å²) >= 11 is 0. The van der Waals surface area contributed by atoms with Gasteiger partial charge in [0.2, 0.25) is 5.91 Å². The van der Waals surface area contributed by atoms with Gasteiger partial charge in [0.15, 0.2) is 21.7 Å². The molecule has 3 N–H and O–H groups in total. The topological polar surface area (TPSA) is 191 Å². The number of nitrogens with one attached hydrogen (secondary N) is 2. The molecule has 1 unspecified atom stereocenters. The summed E-state index contributed by atoms with van der Waals surface area (Å²) in [7, 11) is -3.44. The molecule has 4 aromatic carbocycles. The minimum Gasteiger partial charge on any atom is -0.489 e. The number of amides is 3. The molecule has 0 aliphatic heterocycles. The molecule has 0 radical (unpaired) electrons. The largest absolute Gasteiger partial charge is 0.489 e. The highest BCUT2D eigenvalue weighted by Crippen LogP contribution is 2.37. The van der Waals surface area contributed by atoms with E-state index in [0.29, 0.717) is 57.2 Å². The fourth-order valence-corrected chi connectivity index (χ4v) is 8.96. The molecule has 0 spiro atoms. The van der Waals surface area contributed by atoms with Crippen molar-refractivity contribution in [3.05, 3.63) is 119 Å². The highest BCUT2D eigenvalue weighted by Gasteiger charge is 2.38. The fraction of sp³-hybridized carbons (Fsp3) is 0.367. The number of carbonyl (C=O) groups is 4. The van der Waals surface area contributed by atoms with Crippen LogP contribution in [0.1, 0.15) is 102 Å². The maximum atomic E-state index is 15.6. The van der Waals surface area contributed by atoms with Crippen LogP contribution in [0.15, 0.2) is 96.0 Å². The van der Waals surface area contributed by atoms with Crippen molar-refractivity contribution in [1.82, 2.24) is 4.98 Å². The highest BCUT2D eigenvalue weighted by molar-refractivity contribution is 7.92. The smallest absolute Gasteiger partial charge is 0.425 e. The number of nitrogens with zero attached hydrogens (tertiary/aromatic N) is 2. The molecule has 3 amide bonds. The fourth-order valence-electron chi connectivity index (χ4n) is 7.06. The summed E-state index contributed by atoms with van der Waals surface area (Å²) in [5.74, 6) is -2.25.